The number of amides is 1. The van der Waals surface area contributed by atoms with Crippen LogP contribution in [-0.2, 0) is 25.4 Å². The van der Waals surface area contributed by atoms with E-state index in [0.717, 1.165) is 11.1 Å². The van der Waals surface area contributed by atoms with Gasteiger partial charge in [0, 0.05) is 23.8 Å². The second kappa shape index (κ2) is 13.1. The zero-order valence-electron chi connectivity index (χ0n) is 26.8. The van der Waals surface area contributed by atoms with Crippen molar-refractivity contribution in [3.8, 4) is 34.8 Å². The van der Waals surface area contributed by atoms with Crippen LogP contribution in [-0.4, -0.2) is 87.6 Å². The number of esters is 1. The predicted octanol–water partition coefficient (Wildman–Crippen LogP) is 4.05. The lowest BCUT2D eigenvalue weighted by Crippen LogP contribution is -2.71. The fraction of sp³-hybridized carbons (Fsp3) is 0.441. The van der Waals surface area contributed by atoms with Gasteiger partial charge in [0.2, 0.25) is 6.79 Å². The molecule has 2 fully saturated rings. The van der Waals surface area contributed by atoms with E-state index in [1.54, 1.807) is 24.2 Å². The third-order valence-corrected chi connectivity index (χ3v) is 8.99. The number of rotatable bonds is 10. The van der Waals surface area contributed by atoms with Crippen molar-refractivity contribution in [2.45, 2.75) is 50.5 Å². The number of cyclic esters (lactones) is 1. The molecule has 2 bridgehead atoms. The van der Waals surface area contributed by atoms with Gasteiger partial charge in [-0.1, -0.05) is 31.4 Å². The van der Waals surface area contributed by atoms with E-state index in [-0.39, 0.29) is 39.8 Å². The van der Waals surface area contributed by atoms with Crippen molar-refractivity contribution < 1.29 is 47.5 Å². The van der Waals surface area contributed by atoms with Gasteiger partial charge in [0.15, 0.2) is 29.8 Å². The van der Waals surface area contributed by atoms with Crippen LogP contribution < -0.4 is 23.7 Å². The molecule has 6 rings (SSSR count). The summed E-state index contributed by atoms with van der Waals surface area (Å²) in [5.74, 6) is 1.58. The second-order valence-corrected chi connectivity index (χ2v) is 11.5. The average molecular weight is 648 g/mol. The Bertz CT molecular complexity index is 1650. The fourth-order valence-electron chi connectivity index (χ4n) is 7.23. The number of nitrogens with zero attached hydrogens (tertiary/aromatic N) is 3. The van der Waals surface area contributed by atoms with Gasteiger partial charge in [0.25, 0.3) is 0 Å². The minimum atomic E-state index is -1.11. The molecule has 248 valence electrons. The molecule has 4 aliphatic rings. The molecule has 2 aromatic rings. The molecule has 0 radical (unpaired) electrons. The zero-order chi connectivity index (χ0) is 33.4. The number of methoxy groups -OCH3 is 2. The number of piperazine rings is 1. The third kappa shape index (κ3) is 5.17. The molecule has 13 nitrogen and oxygen atoms in total. The van der Waals surface area contributed by atoms with Crippen molar-refractivity contribution in [3.63, 3.8) is 0 Å². The van der Waals surface area contributed by atoms with Gasteiger partial charge >= 0.3 is 12.1 Å². The summed E-state index contributed by atoms with van der Waals surface area (Å²) in [6.45, 7) is 11.1. The minimum Gasteiger partial charge on any atom is -0.493 e. The van der Waals surface area contributed by atoms with E-state index in [0.29, 0.717) is 45.4 Å². The lowest BCUT2D eigenvalue weighted by Gasteiger charge is -2.58. The van der Waals surface area contributed by atoms with Crippen LogP contribution in [0.15, 0.2) is 37.4 Å². The Morgan fingerprint density at radius 1 is 1.06 bits per heavy atom. The first-order valence-corrected chi connectivity index (χ1v) is 15.2. The second-order valence-electron chi connectivity index (χ2n) is 11.5. The number of carbonyl (C=O) groups excluding carboxylic acids is 2. The first-order chi connectivity index (χ1) is 22.8. The lowest BCUT2D eigenvalue weighted by atomic mass is 9.75. The van der Waals surface area contributed by atoms with E-state index in [9.17, 15) is 14.9 Å². The molecule has 47 heavy (non-hydrogen) atoms. The maximum atomic E-state index is 13.9. The number of aryl methyl sites for hydroxylation is 1. The van der Waals surface area contributed by atoms with E-state index in [2.05, 4.69) is 19.2 Å². The van der Waals surface area contributed by atoms with Crippen molar-refractivity contribution in [3.05, 3.63) is 65.3 Å². The Balaban J connectivity index is 1.57. The highest BCUT2D eigenvalue weighted by atomic mass is 16.7. The first-order valence-electron chi connectivity index (χ1n) is 15.2. The Labute approximate surface area is 272 Å². The standard InChI is InChI=1S/C34H37N3O10/c1-7-9-42-32-26-20(11-18(3)29(32)41-6)12-22-23(14-35)36-24(28(26)37(22)34(39)43-10-8-2)15-44-33(38)27(36)21-13-25(45-16-40-5)19(4)30-31(21)47-17-46-30/h7-8,11,13,22-24,27-28H,1-2,9-10,12,15-17H2,3-6H3/t22-,23-,24-,27+,28+/m0/s1. The molecule has 0 aromatic heterocycles. The van der Waals surface area contributed by atoms with Gasteiger partial charge in [-0.05, 0) is 37.5 Å². The quantitative estimate of drug-likeness (QED) is 0.209. The van der Waals surface area contributed by atoms with Gasteiger partial charge in [-0.25, -0.2) is 9.59 Å². The topological polar surface area (TPSA) is 138 Å². The van der Waals surface area contributed by atoms with Crippen molar-refractivity contribution in [1.29, 1.82) is 5.26 Å². The minimum absolute atomic E-state index is 0.0288. The number of hydrogen-bond acceptors (Lipinski definition) is 12. The van der Waals surface area contributed by atoms with Gasteiger partial charge in [-0.3, -0.25) is 9.80 Å². The molecular weight excluding hydrogens is 610 g/mol. The molecule has 0 saturated carbocycles. The van der Waals surface area contributed by atoms with Gasteiger partial charge in [-0.15, -0.1) is 0 Å². The first kappa shape index (κ1) is 32.0. The number of ether oxygens (including phenoxy) is 8. The normalized spacial score (nSPS) is 23.9. The predicted molar refractivity (Wildman–Crippen MR) is 166 cm³/mol. The molecular formula is C34H37N3O10. The summed E-state index contributed by atoms with van der Waals surface area (Å²) in [6, 6.07) is 1.86. The summed E-state index contributed by atoms with van der Waals surface area (Å²) in [7, 11) is 3.06. The third-order valence-electron chi connectivity index (χ3n) is 8.99. The maximum absolute atomic E-state index is 13.9. The highest BCUT2D eigenvalue weighted by Crippen LogP contribution is 2.55. The van der Waals surface area contributed by atoms with Crippen molar-refractivity contribution in [2.24, 2.45) is 0 Å². The van der Waals surface area contributed by atoms with E-state index in [1.807, 2.05) is 24.8 Å². The van der Waals surface area contributed by atoms with E-state index >= 15 is 0 Å². The van der Waals surface area contributed by atoms with Gasteiger partial charge < -0.3 is 37.9 Å². The Hall–Kier alpha value is -4.93. The average Bonchev–Trinajstić information content (AvgIpc) is 3.56. The molecule has 4 aliphatic heterocycles. The van der Waals surface area contributed by atoms with Gasteiger partial charge in [0.1, 0.15) is 37.7 Å². The molecule has 2 aromatic carbocycles. The molecule has 5 atom stereocenters. The van der Waals surface area contributed by atoms with E-state index in [4.69, 9.17) is 37.9 Å². The van der Waals surface area contributed by atoms with Crippen molar-refractivity contribution in [1.82, 2.24) is 9.80 Å². The summed E-state index contributed by atoms with van der Waals surface area (Å²) in [6.07, 6.45) is 2.75. The van der Waals surface area contributed by atoms with E-state index in [1.165, 1.54) is 13.2 Å². The van der Waals surface area contributed by atoms with Crippen LogP contribution in [0.4, 0.5) is 4.79 Å². The van der Waals surface area contributed by atoms with Crippen LogP contribution in [0.1, 0.15) is 39.9 Å². The van der Waals surface area contributed by atoms with E-state index < -0.39 is 42.3 Å². The van der Waals surface area contributed by atoms with Crippen LogP contribution in [0.3, 0.4) is 0 Å². The van der Waals surface area contributed by atoms with Crippen molar-refractivity contribution in [2.75, 3.05) is 47.6 Å². The van der Waals surface area contributed by atoms with Gasteiger partial charge in [-0.2, -0.15) is 5.26 Å². The smallest absolute Gasteiger partial charge is 0.411 e. The summed E-state index contributed by atoms with van der Waals surface area (Å²) in [5.41, 5.74) is 3.49. The molecule has 0 spiro atoms. The number of benzene rings is 2. The number of carbonyl (C=O) groups is 2. The molecule has 1 amide bonds. The van der Waals surface area contributed by atoms with Crippen LogP contribution in [0.2, 0.25) is 0 Å². The maximum Gasteiger partial charge on any atom is 0.411 e. The fourth-order valence-corrected chi connectivity index (χ4v) is 7.23. The zero-order valence-corrected chi connectivity index (χ0v) is 26.8. The van der Waals surface area contributed by atoms with Crippen LogP contribution >= 0.6 is 0 Å². The Kier molecular flexibility index (Phi) is 8.90. The number of hydrogen-bond donors (Lipinski definition) is 0. The summed E-state index contributed by atoms with van der Waals surface area (Å²) in [4.78, 5) is 31.2. The molecule has 0 N–H and O–H groups in total. The van der Waals surface area contributed by atoms with Crippen LogP contribution in [0.5, 0.6) is 28.7 Å². The number of morpholine rings is 1. The largest absolute Gasteiger partial charge is 0.493 e. The SMILES string of the molecule is C=CCOC(=O)N1[C@H]2Cc3cc(C)c(OC)c(OCC=C)c3[C@H]1[C@@H]1COC(=O)[C@@H](c3cc(OCOC)c(C)c4c3OCO4)N1[C@H]2C#N. The Morgan fingerprint density at radius 2 is 1.83 bits per heavy atom. The molecule has 2 saturated heterocycles. The lowest BCUT2D eigenvalue weighted by molar-refractivity contribution is -0.179. The molecule has 0 unspecified atom stereocenters. The van der Waals surface area contributed by atoms with Gasteiger partial charge in [0.05, 0.1) is 31.3 Å². The highest BCUT2D eigenvalue weighted by molar-refractivity contribution is 5.82. The van der Waals surface area contributed by atoms with Crippen LogP contribution in [0.25, 0.3) is 0 Å². The molecule has 13 heteroatoms. The monoisotopic (exact) mass is 647 g/mol. The molecule has 4 heterocycles. The summed E-state index contributed by atoms with van der Waals surface area (Å²) in [5, 5.41) is 10.8. The Morgan fingerprint density at radius 3 is 2.53 bits per heavy atom. The number of fused-ring (bicyclic) bond motifs is 7. The highest BCUT2D eigenvalue weighted by Gasteiger charge is 2.60. The number of nitriles is 1. The summed E-state index contributed by atoms with van der Waals surface area (Å²) < 4.78 is 46.3. The van der Waals surface area contributed by atoms with Crippen molar-refractivity contribution >= 4 is 12.1 Å². The van der Waals surface area contributed by atoms with Crippen LogP contribution in [0, 0.1) is 25.2 Å². The molecule has 0 aliphatic carbocycles. The summed E-state index contributed by atoms with van der Waals surface area (Å²) >= 11 is 0.